The minimum absolute atomic E-state index is 0.0490. The predicted molar refractivity (Wildman–Crippen MR) is 77.3 cm³/mol. The first-order valence-electron chi connectivity index (χ1n) is 6.22. The van der Waals surface area contributed by atoms with Crippen molar-refractivity contribution >= 4 is 27.8 Å². The van der Waals surface area contributed by atoms with Gasteiger partial charge in [-0.2, -0.15) is 0 Å². The summed E-state index contributed by atoms with van der Waals surface area (Å²) in [4.78, 5) is 22.8. The first-order valence-corrected chi connectivity index (χ1v) is 7.01. The first kappa shape index (κ1) is 15.7. The van der Waals surface area contributed by atoms with E-state index in [2.05, 4.69) is 21.2 Å². The number of aryl methyl sites for hydroxylation is 1. The van der Waals surface area contributed by atoms with Crippen molar-refractivity contribution in [2.75, 3.05) is 0 Å². The summed E-state index contributed by atoms with van der Waals surface area (Å²) in [6.45, 7) is 3.87. The molecule has 0 radical (unpaired) electrons. The van der Waals surface area contributed by atoms with Gasteiger partial charge in [-0.25, -0.2) is 0 Å². The number of hydrogen-bond donors (Lipinski definition) is 2. The molecule has 1 aromatic carbocycles. The molecular formula is C14H18BrNO3. The van der Waals surface area contributed by atoms with Crippen LogP contribution in [0.2, 0.25) is 0 Å². The van der Waals surface area contributed by atoms with Crippen molar-refractivity contribution in [3.63, 3.8) is 0 Å². The van der Waals surface area contributed by atoms with Gasteiger partial charge in [0, 0.05) is 16.1 Å². The van der Waals surface area contributed by atoms with Gasteiger partial charge < -0.3 is 10.4 Å². The Balaban J connectivity index is 2.77. The third-order valence-corrected chi connectivity index (χ3v) is 3.16. The van der Waals surface area contributed by atoms with Gasteiger partial charge in [-0.1, -0.05) is 29.3 Å². The van der Waals surface area contributed by atoms with Crippen molar-refractivity contribution in [3.05, 3.63) is 33.8 Å². The van der Waals surface area contributed by atoms with E-state index in [0.29, 0.717) is 12.0 Å². The molecule has 19 heavy (non-hydrogen) atoms. The van der Waals surface area contributed by atoms with Crippen LogP contribution in [0.3, 0.4) is 0 Å². The highest BCUT2D eigenvalue weighted by Gasteiger charge is 2.16. The summed E-state index contributed by atoms with van der Waals surface area (Å²) < 4.78 is 0.836. The Morgan fingerprint density at radius 1 is 1.37 bits per heavy atom. The quantitative estimate of drug-likeness (QED) is 0.843. The van der Waals surface area contributed by atoms with Gasteiger partial charge in [-0.3, -0.25) is 9.59 Å². The number of rotatable bonds is 6. The van der Waals surface area contributed by atoms with Crippen LogP contribution in [-0.4, -0.2) is 23.0 Å². The summed E-state index contributed by atoms with van der Waals surface area (Å²) in [5.41, 5.74) is 1.52. The topological polar surface area (TPSA) is 66.4 Å². The normalized spacial score (nSPS) is 11.9. The van der Waals surface area contributed by atoms with Crippen LogP contribution in [0.25, 0.3) is 0 Å². The van der Waals surface area contributed by atoms with E-state index in [-0.39, 0.29) is 18.4 Å². The lowest BCUT2D eigenvalue weighted by Crippen LogP contribution is -2.36. The van der Waals surface area contributed by atoms with Crippen molar-refractivity contribution in [1.82, 2.24) is 5.32 Å². The number of carboxylic acid groups (broad SMARTS) is 1. The molecule has 0 aliphatic rings. The lowest BCUT2D eigenvalue weighted by Gasteiger charge is -2.16. The van der Waals surface area contributed by atoms with Gasteiger partial charge in [0.1, 0.15) is 0 Å². The van der Waals surface area contributed by atoms with Crippen LogP contribution in [0.15, 0.2) is 22.7 Å². The minimum Gasteiger partial charge on any atom is -0.481 e. The Bertz CT molecular complexity index is 454. The molecule has 0 spiro atoms. The molecule has 2 N–H and O–H groups in total. The van der Waals surface area contributed by atoms with Crippen LogP contribution in [0.5, 0.6) is 0 Å². The van der Waals surface area contributed by atoms with E-state index in [9.17, 15) is 9.59 Å². The lowest BCUT2D eigenvalue weighted by atomic mass is 10.1. The number of nitrogens with one attached hydrogen (secondary N) is 1. The second-order valence-electron chi connectivity index (χ2n) is 4.57. The number of carbonyl (C=O) groups is 2. The van der Waals surface area contributed by atoms with Crippen molar-refractivity contribution in [3.8, 4) is 0 Å². The zero-order valence-corrected chi connectivity index (χ0v) is 12.7. The van der Waals surface area contributed by atoms with E-state index in [0.717, 1.165) is 16.5 Å². The zero-order valence-electron chi connectivity index (χ0n) is 11.1. The molecule has 4 nitrogen and oxygen atoms in total. The van der Waals surface area contributed by atoms with E-state index in [1.165, 1.54) is 0 Å². The SMILES string of the molecule is CCCC(CC(=O)O)NC(=O)c1cc(C)cc(Br)c1. The van der Waals surface area contributed by atoms with Crippen LogP contribution < -0.4 is 5.32 Å². The Labute approximate surface area is 121 Å². The first-order chi connectivity index (χ1) is 8.92. The third kappa shape index (κ3) is 5.42. The van der Waals surface area contributed by atoms with E-state index >= 15 is 0 Å². The molecule has 1 amide bonds. The molecule has 0 aliphatic heterocycles. The van der Waals surface area contributed by atoms with Gasteiger partial charge in [0.2, 0.25) is 0 Å². The maximum atomic E-state index is 12.1. The molecule has 1 aromatic rings. The van der Waals surface area contributed by atoms with Crippen LogP contribution in [-0.2, 0) is 4.79 Å². The Morgan fingerprint density at radius 3 is 2.58 bits per heavy atom. The summed E-state index contributed by atoms with van der Waals surface area (Å²) in [5, 5.41) is 11.6. The molecule has 0 aromatic heterocycles. The molecule has 0 aliphatic carbocycles. The molecule has 0 heterocycles. The van der Waals surface area contributed by atoms with E-state index in [4.69, 9.17) is 5.11 Å². The fourth-order valence-electron chi connectivity index (χ4n) is 1.92. The fourth-order valence-corrected chi connectivity index (χ4v) is 2.53. The number of benzene rings is 1. The summed E-state index contributed by atoms with van der Waals surface area (Å²) in [6.07, 6.45) is 1.44. The molecule has 0 bridgehead atoms. The summed E-state index contributed by atoms with van der Waals surface area (Å²) in [7, 11) is 0. The largest absolute Gasteiger partial charge is 0.481 e. The Morgan fingerprint density at radius 2 is 2.05 bits per heavy atom. The standard InChI is InChI=1S/C14H18BrNO3/c1-3-4-12(8-13(17)18)16-14(19)10-5-9(2)6-11(15)7-10/h5-7,12H,3-4,8H2,1-2H3,(H,16,19)(H,17,18). The van der Waals surface area contributed by atoms with Crippen molar-refractivity contribution in [2.45, 2.75) is 39.2 Å². The van der Waals surface area contributed by atoms with Gasteiger partial charge >= 0.3 is 5.97 Å². The molecule has 0 saturated carbocycles. The molecule has 0 saturated heterocycles. The minimum atomic E-state index is -0.899. The van der Waals surface area contributed by atoms with Gasteiger partial charge in [0.15, 0.2) is 0 Å². The van der Waals surface area contributed by atoms with Crippen LogP contribution >= 0.6 is 15.9 Å². The monoisotopic (exact) mass is 327 g/mol. The second-order valence-corrected chi connectivity index (χ2v) is 5.49. The Kier molecular flexibility index (Phi) is 6.02. The average molecular weight is 328 g/mol. The number of carboxylic acids is 1. The number of halogens is 1. The number of hydrogen-bond acceptors (Lipinski definition) is 2. The molecule has 0 fully saturated rings. The predicted octanol–water partition coefficient (Wildman–Crippen LogP) is 3.13. The van der Waals surface area contributed by atoms with E-state index < -0.39 is 5.97 Å². The van der Waals surface area contributed by atoms with Gasteiger partial charge in [0.25, 0.3) is 5.91 Å². The molecule has 1 atom stereocenters. The number of carbonyl (C=O) groups excluding carboxylic acids is 1. The summed E-state index contributed by atoms with van der Waals surface area (Å²) in [5.74, 6) is -1.13. The highest BCUT2D eigenvalue weighted by molar-refractivity contribution is 9.10. The average Bonchev–Trinajstić information content (AvgIpc) is 2.26. The van der Waals surface area contributed by atoms with Crippen LogP contribution in [0.4, 0.5) is 0 Å². The maximum Gasteiger partial charge on any atom is 0.305 e. The molecule has 1 rings (SSSR count). The van der Waals surface area contributed by atoms with Crippen molar-refractivity contribution < 1.29 is 14.7 Å². The van der Waals surface area contributed by atoms with Gasteiger partial charge in [-0.05, 0) is 37.1 Å². The highest BCUT2D eigenvalue weighted by atomic mass is 79.9. The van der Waals surface area contributed by atoms with Crippen LogP contribution in [0.1, 0.15) is 42.1 Å². The van der Waals surface area contributed by atoms with Gasteiger partial charge in [0.05, 0.1) is 6.42 Å². The maximum absolute atomic E-state index is 12.1. The van der Waals surface area contributed by atoms with E-state index in [1.807, 2.05) is 19.9 Å². The molecule has 104 valence electrons. The molecular weight excluding hydrogens is 310 g/mol. The zero-order chi connectivity index (χ0) is 14.4. The van der Waals surface area contributed by atoms with Crippen molar-refractivity contribution in [2.24, 2.45) is 0 Å². The van der Waals surface area contributed by atoms with Crippen molar-refractivity contribution in [1.29, 1.82) is 0 Å². The molecule has 1 unspecified atom stereocenters. The number of amides is 1. The van der Waals surface area contributed by atoms with Gasteiger partial charge in [-0.15, -0.1) is 0 Å². The summed E-state index contributed by atoms with van der Waals surface area (Å²) in [6, 6.07) is 5.10. The number of aliphatic carboxylic acids is 1. The summed E-state index contributed by atoms with van der Waals surface area (Å²) >= 11 is 3.34. The second kappa shape index (κ2) is 7.28. The molecule has 5 heteroatoms. The highest BCUT2D eigenvalue weighted by Crippen LogP contribution is 2.15. The lowest BCUT2D eigenvalue weighted by molar-refractivity contribution is -0.137. The third-order valence-electron chi connectivity index (χ3n) is 2.70. The smallest absolute Gasteiger partial charge is 0.305 e. The van der Waals surface area contributed by atoms with Crippen LogP contribution in [0, 0.1) is 6.92 Å². The fraction of sp³-hybridized carbons (Fsp3) is 0.429. The Hall–Kier alpha value is -1.36. The van der Waals surface area contributed by atoms with E-state index in [1.54, 1.807) is 12.1 Å².